The Balaban J connectivity index is 1.97. The van der Waals surface area contributed by atoms with Crippen LogP contribution < -0.4 is 5.73 Å². The number of likely N-dealkylation sites (N-methyl/N-ethyl adjacent to an activating group) is 1. The monoisotopic (exact) mass is 422 g/mol. The van der Waals surface area contributed by atoms with Crippen molar-refractivity contribution >= 4 is 23.5 Å². The second-order valence-electron chi connectivity index (χ2n) is 6.95. The van der Waals surface area contributed by atoms with E-state index in [1.165, 1.54) is 18.0 Å². The lowest BCUT2D eigenvalue weighted by Crippen LogP contribution is -2.41. The Kier molecular flexibility index (Phi) is 4.56. The van der Waals surface area contributed by atoms with Gasteiger partial charge in [-0.15, -0.1) is 0 Å². The summed E-state index contributed by atoms with van der Waals surface area (Å²) < 4.78 is 15.4. The summed E-state index contributed by atoms with van der Waals surface area (Å²) in [4.78, 5) is 23.0. The van der Waals surface area contributed by atoms with Gasteiger partial charge < -0.3 is 10.3 Å². The zero-order valence-electron chi connectivity index (χ0n) is 16.1. The lowest BCUT2D eigenvalue weighted by molar-refractivity contribution is -0.129. The molecule has 0 saturated heterocycles. The van der Waals surface area contributed by atoms with E-state index in [2.05, 4.69) is 16.0 Å². The van der Waals surface area contributed by atoms with Crippen LogP contribution in [-0.2, 0) is 17.4 Å². The highest BCUT2D eigenvalue weighted by Crippen LogP contribution is 2.41. The van der Waals surface area contributed by atoms with Crippen molar-refractivity contribution in [3.63, 3.8) is 0 Å². The van der Waals surface area contributed by atoms with E-state index in [-0.39, 0.29) is 17.0 Å². The van der Waals surface area contributed by atoms with Crippen LogP contribution in [-0.4, -0.2) is 33.4 Å². The van der Waals surface area contributed by atoms with Crippen molar-refractivity contribution in [3.8, 4) is 17.2 Å². The van der Waals surface area contributed by atoms with Gasteiger partial charge in [-0.2, -0.15) is 5.26 Å². The number of benzene rings is 1. The fourth-order valence-corrected chi connectivity index (χ4v) is 3.81. The van der Waals surface area contributed by atoms with Crippen molar-refractivity contribution < 1.29 is 9.18 Å². The second-order valence-corrected chi connectivity index (χ2v) is 7.31. The molecule has 1 aromatic carbocycles. The lowest BCUT2D eigenvalue weighted by Gasteiger charge is -2.25. The number of carbonyl (C=O) groups is 1. The van der Waals surface area contributed by atoms with E-state index in [0.717, 1.165) is 6.20 Å². The first-order valence-corrected chi connectivity index (χ1v) is 9.28. The van der Waals surface area contributed by atoms with Crippen molar-refractivity contribution in [2.45, 2.75) is 5.54 Å². The highest BCUT2D eigenvalue weighted by atomic mass is 35.5. The maximum Gasteiger partial charge on any atom is 0.266 e. The minimum Gasteiger partial charge on any atom is -0.369 e. The van der Waals surface area contributed by atoms with Gasteiger partial charge in [0.2, 0.25) is 0 Å². The number of hydrogen-bond donors (Lipinski definition) is 1. The maximum absolute atomic E-state index is 13.8. The zero-order valence-corrected chi connectivity index (χ0v) is 16.9. The Labute approximate surface area is 176 Å². The smallest absolute Gasteiger partial charge is 0.266 e. The van der Waals surface area contributed by atoms with E-state index in [0.29, 0.717) is 27.9 Å². The highest BCUT2D eigenvalue weighted by molar-refractivity contribution is 6.32. The molecule has 1 aliphatic rings. The van der Waals surface area contributed by atoms with E-state index in [9.17, 15) is 14.4 Å². The van der Waals surface area contributed by atoms with Crippen LogP contribution in [0.3, 0.4) is 0 Å². The van der Waals surface area contributed by atoms with Gasteiger partial charge in [-0.1, -0.05) is 29.8 Å². The van der Waals surface area contributed by atoms with Gasteiger partial charge in [0.25, 0.3) is 5.91 Å². The van der Waals surface area contributed by atoms with Gasteiger partial charge in [0, 0.05) is 31.4 Å². The van der Waals surface area contributed by atoms with Crippen molar-refractivity contribution in [2.24, 2.45) is 17.8 Å². The molecule has 4 rings (SSSR count). The van der Waals surface area contributed by atoms with Gasteiger partial charge in [0.15, 0.2) is 11.5 Å². The topological polar surface area (TPSA) is 100 Å². The van der Waals surface area contributed by atoms with Gasteiger partial charge in [-0.05, 0) is 29.3 Å². The molecule has 0 aliphatic carbocycles. The molecule has 3 heterocycles. The number of hydrogen-bond acceptors (Lipinski definition) is 5. The van der Waals surface area contributed by atoms with Crippen LogP contribution in [0.25, 0.3) is 11.1 Å². The third kappa shape index (κ3) is 2.83. The third-order valence-electron chi connectivity index (χ3n) is 5.17. The van der Waals surface area contributed by atoms with Crippen LogP contribution in [0.4, 0.5) is 4.39 Å². The predicted octanol–water partition coefficient (Wildman–Crippen LogP) is 2.78. The van der Waals surface area contributed by atoms with Gasteiger partial charge >= 0.3 is 0 Å². The maximum atomic E-state index is 13.8. The number of nitrogens with two attached hydrogens (primary N) is 1. The van der Waals surface area contributed by atoms with Crippen LogP contribution in [0.15, 0.2) is 53.8 Å². The highest BCUT2D eigenvalue weighted by Gasteiger charge is 2.50. The quantitative estimate of drug-likeness (QED) is 0.656. The number of amides is 1. The molecule has 30 heavy (non-hydrogen) atoms. The molecule has 9 heteroatoms. The molecule has 1 unspecified atom stereocenters. The molecule has 1 aliphatic heterocycles. The standard InChI is InChI=1S/C21H16ClFN6O/c1-28-11-14(7-16(28)9-24)21(19(30)29(2)20(25)27-21)13-5-3-4-12(6-13)17-8-15(23)10-26-18(17)22/h3-8,10-11H,1-2H3,(H2,25,27). The van der Waals surface area contributed by atoms with Crippen LogP contribution in [0.2, 0.25) is 5.15 Å². The van der Waals surface area contributed by atoms with E-state index >= 15 is 0 Å². The number of aryl methyl sites for hydroxylation is 1. The summed E-state index contributed by atoms with van der Waals surface area (Å²) in [5.74, 6) is -0.843. The molecule has 2 aromatic heterocycles. The number of aliphatic imine (C=N–C) groups is 1. The predicted molar refractivity (Wildman–Crippen MR) is 110 cm³/mol. The molecule has 0 bridgehead atoms. The summed E-state index contributed by atoms with van der Waals surface area (Å²) in [6, 6.07) is 11.9. The van der Waals surface area contributed by atoms with Crippen LogP contribution in [0, 0.1) is 17.1 Å². The first-order valence-electron chi connectivity index (χ1n) is 8.90. The van der Waals surface area contributed by atoms with Crippen LogP contribution in [0.5, 0.6) is 0 Å². The Morgan fingerprint density at radius 2 is 2.00 bits per heavy atom. The van der Waals surface area contributed by atoms with Gasteiger partial charge in [-0.25, -0.2) is 14.4 Å². The first-order chi connectivity index (χ1) is 14.3. The fraction of sp³-hybridized carbons (Fsp3) is 0.143. The molecule has 150 valence electrons. The largest absolute Gasteiger partial charge is 0.369 e. The number of carbonyl (C=O) groups excluding carboxylic acids is 1. The summed E-state index contributed by atoms with van der Waals surface area (Å²) in [5, 5.41) is 9.50. The summed E-state index contributed by atoms with van der Waals surface area (Å²) in [5.41, 5.74) is 6.84. The third-order valence-corrected chi connectivity index (χ3v) is 5.48. The number of aromatic nitrogens is 2. The Hall–Kier alpha value is -3.70. The Morgan fingerprint density at radius 1 is 1.23 bits per heavy atom. The SMILES string of the molecule is CN1C(=O)C(c2cccc(-c3cc(F)cnc3Cl)c2)(c2cc(C#N)n(C)c2)N=C1N. The number of halogens is 2. The molecule has 1 amide bonds. The summed E-state index contributed by atoms with van der Waals surface area (Å²) in [7, 11) is 3.24. The Bertz CT molecular complexity index is 1260. The second kappa shape index (κ2) is 6.97. The van der Waals surface area contributed by atoms with Crippen molar-refractivity contribution in [3.05, 3.63) is 76.6 Å². The molecule has 0 spiro atoms. The molecule has 3 aromatic rings. The summed E-state index contributed by atoms with van der Waals surface area (Å²) in [6.07, 6.45) is 2.71. The van der Waals surface area contributed by atoms with E-state index < -0.39 is 11.4 Å². The molecule has 2 N–H and O–H groups in total. The minimum atomic E-state index is -1.48. The van der Waals surface area contributed by atoms with Gasteiger partial charge in [0.1, 0.15) is 22.7 Å². The normalized spacial score (nSPS) is 18.4. The van der Waals surface area contributed by atoms with Gasteiger partial charge in [-0.3, -0.25) is 9.69 Å². The molecule has 0 saturated carbocycles. The number of nitriles is 1. The molecule has 0 radical (unpaired) electrons. The van der Waals surface area contributed by atoms with Crippen molar-refractivity contribution in [2.75, 3.05) is 7.05 Å². The Morgan fingerprint density at radius 3 is 2.63 bits per heavy atom. The average molecular weight is 423 g/mol. The first kappa shape index (κ1) is 19.6. The number of guanidine groups is 1. The minimum absolute atomic E-state index is 0.0539. The fourth-order valence-electron chi connectivity index (χ4n) is 3.59. The molecular formula is C21H16ClFN6O. The number of rotatable bonds is 3. The number of pyridine rings is 1. The summed E-state index contributed by atoms with van der Waals surface area (Å²) >= 11 is 6.17. The zero-order chi connectivity index (χ0) is 21.6. The number of nitrogens with zero attached hydrogens (tertiary/aromatic N) is 5. The molecule has 0 fully saturated rings. The lowest BCUT2D eigenvalue weighted by atomic mass is 9.83. The molecule has 7 nitrogen and oxygen atoms in total. The van der Waals surface area contributed by atoms with Crippen LogP contribution >= 0.6 is 11.6 Å². The van der Waals surface area contributed by atoms with Gasteiger partial charge in [0.05, 0.1) is 6.20 Å². The molecule has 1 atom stereocenters. The van der Waals surface area contributed by atoms with Crippen LogP contribution in [0.1, 0.15) is 16.8 Å². The molecular weight excluding hydrogens is 407 g/mol. The van der Waals surface area contributed by atoms with E-state index in [1.807, 2.05) is 0 Å². The average Bonchev–Trinajstić information content (AvgIpc) is 3.23. The van der Waals surface area contributed by atoms with E-state index in [4.69, 9.17) is 17.3 Å². The summed E-state index contributed by atoms with van der Waals surface area (Å²) in [6.45, 7) is 0. The van der Waals surface area contributed by atoms with E-state index in [1.54, 1.807) is 48.1 Å². The van der Waals surface area contributed by atoms with Crippen molar-refractivity contribution in [1.82, 2.24) is 14.5 Å². The van der Waals surface area contributed by atoms with Crippen molar-refractivity contribution in [1.29, 1.82) is 5.26 Å².